The van der Waals surface area contributed by atoms with Crippen molar-refractivity contribution in [2.75, 3.05) is 33.2 Å². The molecule has 0 amide bonds. The number of aromatic nitrogens is 1. The largest absolute Gasteiger partial charge is 0.355 e. The zero-order valence-electron chi connectivity index (χ0n) is 13.1. The monoisotopic (exact) mass is 405 g/mol. The van der Waals surface area contributed by atoms with Gasteiger partial charge in [0, 0.05) is 51.7 Å². The second-order valence-corrected chi connectivity index (χ2v) is 5.21. The van der Waals surface area contributed by atoms with Gasteiger partial charge in [-0.3, -0.25) is 9.89 Å². The molecule has 0 radical (unpaired) electrons. The molecule has 1 heterocycles. The molecule has 1 aromatic rings. The van der Waals surface area contributed by atoms with Crippen molar-refractivity contribution in [1.29, 1.82) is 0 Å². The highest BCUT2D eigenvalue weighted by molar-refractivity contribution is 14.0. The predicted octanol–water partition coefficient (Wildman–Crippen LogP) is 1.76. The van der Waals surface area contributed by atoms with Gasteiger partial charge in [0.15, 0.2) is 5.96 Å². The second kappa shape index (κ2) is 10.0. The molecule has 5 nitrogen and oxygen atoms in total. The third kappa shape index (κ3) is 6.69. The number of aliphatic imine (C=N–C) groups is 1. The standard InChI is InChI=1S/C15H27N5.HI/c1-3-20(14-6-7-14)13-9-18-15(16-2)17-8-12-19-10-4-5-11-19;/h4-5,10-11,14H,3,6-9,12-13H2,1-2H3,(H2,16,17,18);1H. The molecule has 2 N–H and O–H groups in total. The van der Waals surface area contributed by atoms with Crippen molar-refractivity contribution in [3.8, 4) is 0 Å². The van der Waals surface area contributed by atoms with E-state index in [1.807, 2.05) is 19.2 Å². The molecule has 0 unspecified atom stereocenters. The molecule has 0 spiro atoms. The number of nitrogens with one attached hydrogen (secondary N) is 2. The Bertz CT molecular complexity index is 400. The van der Waals surface area contributed by atoms with Gasteiger partial charge in [0.1, 0.15) is 0 Å². The fraction of sp³-hybridized carbons (Fsp3) is 0.667. The minimum absolute atomic E-state index is 0. The van der Waals surface area contributed by atoms with Crippen molar-refractivity contribution >= 4 is 29.9 Å². The maximum Gasteiger partial charge on any atom is 0.191 e. The van der Waals surface area contributed by atoms with Gasteiger partial charge in [-0.15, -0.1) is 24.0 Å². The van der Waals surface area contributed by atoms with Crippen molar-refractivity contribution in [2.45, 2.75) is 32.4 Å². The third-order valence-electron chi connectivity index (χ3n) is 3.71. The number of rotatable bonds is 8. The summed E-state index contributed by atoms with van der Waals surface area (Å²) in [6.07, 6.45) is 6.90. The zero-order chi connectivity index (χ0) is 14.2. The molecule has 6 heteroatoms. The van der Waals surface area contributed by atoms with Gasteiger partial charge in [-0.1, -0.05) is 6.92 Å². The molecule has 0 bridgehead atoms. The van der Waals surface area contributed by atoms with Crippen LogP contribution in [0.2, 0.25) is 0 Å². The molecule has 21 heavy (non-hydrogen) atoms. The molecule has 0 saturated heterocycles. The number of hydrogen-bond donors (Lipinski definition) is 2. The van der Waals surface area contributed by atoms with Crippen LogP contribution in [0.4, 0.5) is 0 Å². The summed E-state index contributed by atoms with van der Waals surface area (Å²) < 4.78 is 2.16. The Labute approximate surface area is 145 Å². The van der Waals surface area contributed by atoms with Gasteiger partial charge in [0.25, 0.3) is 0 Å². The first-order valence-corrected chi connectivity index (χ1v) is 7.62. The van der Waals surface area contributed by atoms with E-state index in [-0.39, 0.29) is 24.0 Å². The van der Waals surface area contributed by atoms with Gasteiger partial charge in [-0.05, 0) is 31.5 Å². The maximum absolute atomic E-state index is 4.26. The minimum Gasteiger partial charge on any atom is -0.355 e. The Morgan fingerprint density at radius 1 is 1.24 bits per heavy atom. The molecular weight excluding hydrogens is 377 g/mol. The smallest absolute Gasteiger partial charge is 0.191 e. The lowest BCUT2D eigenvalue weighted by molar-refractivity contribution is 0.282. The predicted molar refractivity (Wildman–Crippen MR) is 99.5 cm³/mol. The van der Waals surface area contributed by atoms with Crippen LogP contribution in [0.25, 0.3) is 0 Å². The Kier molecular flexibility index (Phi) is 8.75. The molecule has 2 rings (SSSR count). The van der Waals surface area contributed by atoms with E-state index in [1.165, 1.54) is 12.8 Å². The SMILES string of the molecule is CCN(CCNC(=NC)NCCn1cccc1)C1CC1.I. The summed E-state index contributed by atoms with van der Waals surface area (Å²) >= 11 is 0. The van der Waals surface area contributed by atoms with Crippen LogP contribution in [0.15, 0.2) is 29.5 Å². The summed E-state index contributed by atoms with van der Waals surface area (Å²) in [7, 11) is 1.82. The average Bonchev–Trinajstić information content (AvgIpc) is 3.18. The quantitative estimate of drug-likeness (QED) is 0.394. The van der Waals surface area contributed by atoms with E-state index in [1.54, 1.807) is 0 Å². The van der Waals surface area contributed by atoms with Crippen LogP contribution in [-0.2, 0) is 6.54 Å². The Balaban J connectivity index is 0.00000220. The van der Waals surface area contributed by atoms with Crippen molar-refractivity contribution in [1.82, 2.24) is 20.1 Å². The minimum atomic E-state index is 0. The van der Waals surface area contributed by atoms with Gasteiger partial charge < -0.3 is 15.2 Å². The van der Waals surface area contributed by atoms with Crippen molar-refractivity contribution in [2.24, 2.45) is 4.99 Å². The first kappa shape index (κ1) is 18.3. The highest BCUT2D eigenvalue weighted by Crippen LogP contribution is 2.25. The lowest BCUT2D eigenvalue weighted by Crippen LogP contribution is -2.42. The number of guanidine groups is 1. The molecule has 120 valence electrons. The van der Waals surface area contributed by atoms with Crippen molar-refractivity contribution in [3.63, 3.8) is 0 Å². The number of hydrogen-bond acceptors (Lipinski definition) is 2. The molecule has 1 aromatic heterocycles. The van der Waals surface area contributed by atoms with E-state index in [4.69, 9.17) is 0 Å². The molecule has 0 aromatic carbocycles. The third-order valence-corrected chi connectivity index (χ3v) is 3.71. The fourth-order valence-electron chi connectivity index (χ4n) is 2.40. The van der Waals surface area contributed by atoms with Crippen molar-refractivity contribution in [3.05, 3.63) is 24.5 Å². The molecule has 0 atom stereocenters. The van der Waals surface area contributed by atoms with Crippen LogP contribution in [0.5, 0.6) is 0 Å². The lowest BCUT2D eigenvalue weighted by Gasteiger charge is -2.20. The normalized spacial score (nSPS) is 14.9. The van der Waals surface area contributed by atoms with E-state index in [0.717, 1.165) is 44.7 Å². The molecule has 1 fully saturated rings. The van der Waals surface area contributed by atoms with Crippen LogP contribution in [0, 0.1) is 0 Å². The number of likely N-dealkylation sites (N-methyl/N-ethyl adjacent to an activating group) is 1. The van der Waals surface area contributed by atoms with Crippen LogP contribution < -0.4 is 10.6 Å². The highest BCUT2D eigenvalue weighted by atomic mass is 127. The maximum atomic E-state index is 4.26. The Morgan fingerprint density at radius 3 is 2.48 bits per heavy atom. The summed E-state index contributed by atoms with van der Waals surface area (Å²) in [5, 5.41) is 6.73. The number of halogens is 1. The highest BCUT2D eigenvalue weighted by Gasteiger charge is 2.27. The lowest BCUT2D eigenvalue weighted by atomic mass is 10.4. The summed E-state index contributed by atoms with van der Waals surface area (Å²) in [6, 6.07) is 4.93. The topological polar surface area (TPSA) is 44.6 Å². The van der Waals surface area contributed by atoms with Gasteiger partial charge in [0.2, 0.25) is 0 Å². The van der Waals surface area contributed by atoms with Crippen LogP contribution in [-0.4, -0.2) is 54.7 Å². The summed E-state index contributed by atoms with van der Waals surface area (Å²) in [6.45, 7) is 7.27. The van der Waals surface area contributed by atoms with Gasteiger partial charge in [-0.2, -0.15) is 0 Å². The summed E-state index contributed by atoms with van der Waals surface area (Å²) in [5.74, 6) is 0.893. The average molecular weight is 405 g/mol. The van der Waals surface area contributed by atoms with Crippen LogP contribution in [0.3, 0.4) is 0 Å². The molecule has 0 aliphatic heterocycles. The van der Waals surface area contributed by atoms with E-state index in [2.05, 4.69) is 44.4 Å². The van der Waals surface area contributed by atoms with Gasteiger partial charge in [-0.25, -0.2) is 0 Å². The summed E-state index contributed by atoms with van der Waals surface area (Å²) in [4.78, 5) is 6.80. The Morgan fingerprint density at radius 2 is 1.90 bits per heavy atom. The first-order valence-electron chi connectivity index (χ1n) is 7.62. The van der Waals surface area contributed by atoms with Gasteiger partial charge >= 0.3 is 0 Å². The molecule has 1 aliphatic rings. The van der Waals surface area contributed by atoms with E-state index in [9.17, 15) is 0 Å². The van der Waals surface area contributed by atoms with Crippen LogP contribution in [0.1, 0.15) is 19.8 Å². The second-order valence-electron chi connectivity index (χ2n) is 5.21. The van der Waals surface area contributed by atoms with Crippen molar-refractivity contribution < 1.29 is 0 Å². The first-order chi connectivity index (χ1) is 9.83. The molecule has 1 saturated carbocycles. The van der Waals surface area contributed by atoms with Crippen LogP contribution >= 0.6 is 24.0 Å². The zero-order valence-corrected chi connectivity index (χ0v) is 15.4. The molecular formula is C15H28IN5. The number of nitrogens with zero attached hydrogens (tertiary/aromatic N) is 3. The van der Waals surface area contributed by atoms with E-state index >= 15 is 0 Å². The van der Waals surface area contributed by atoms with E-state index in [0.29, 0.717) is 0 Å². The van der Waals surface area contributed by atoms with E-state index < -0.39 is 0 Å². The Hall–Kier alpha value is -0.760. The molecule has 1 aliphatic carbocycles. The van der Waals surface area contributed by atoms with Gasteiger partial charge in [0.05, 0.1) is 0 Å². The summed E-state index contributed by atoms with van der Waals surface area (Å²) in [5.41, 5.74) is 0. The fourth-order valence-corrected chi connectivity index (χ4v) is 2.40.